The molecule has 0 aromatic heterocycles. The summed E-state index contributed by atoms with van der Waals surface area (Å²) in [5.74, 6) is -0.832. The van der Waals surface area contributed by atoms with E-state index in [0.29, 0.717) is 22.5 Å². The van der Waals surface area contributed by atoms with Gasteiger partial charge in [-0.3, -0.25) is 9.59 Å². The van der Waals surface area contributed by atoms with Gasteiger partial charge in [-0.15, -0.1) is 23.2 Å². The molecule has 29 heavy (non-hydrogen) atoms. The minimum Gasteiger partial charge on any atom is -0.355 e. The van der Waals surface area contributed by atoms with Crippen molar-refractivity contribution in [3.05, 3.63) is 65.7 Å². The molecule has 0 amide bonds. The molecular weight excluding hydrogens is 435 g/mol. The van der Waals surface area contributed by atoms with E-state index >= 15 is 0 Å². The third-order valence-corrected chi connectivity index (χ3v) is 6.65. The Bertz CT molecular complexity index is 1060. The maximum absolute atomic E-state index is 12.8. The van der Waals surface area contributed by atoms with Crippen molar-refractivity contribution in [3.63, 3.8) is 0 Å². The summed E-state index contributed by atoms with van der Waals surface area (Å²) in [4.78, 5) is 24.1. The molecule has 0 atom stereocenters. The van der Waals surface area contributed by atoms with Crippen LogP contribution in [0.3, 0.4) is 0 Å². The van der Waals surface area contributed by atoms with Crippen molar-refractivity contribution < 1.29 is 18.0 Å². The summed E-state index contributed by atoms with van der Waals surface area (Å²) in [5.41, 5.74) is 2.00. The van der Waals surface area contributed by atoms with Crippen molar-refractivity contribution in [3.8, 4) is 0 Å². The van der Waals surface area contributed by atoms with E-state index in [4.69, 9.17) is 23.2 Å². The fourth-order valence-electron chi connectivity index (χ4n) is 2.98. The largest absolute Gasteiger partial charge is 0.355 e. The van der Waals surface area contributed by atoms with Crippen LogP contribution in [0.15, 0.2) is 59.5 Å². The molecule has 1 aliphatic rings. The first-order chi connectivity index (χ1) is 13.9. The fourth-order valence-corrected chi connectivity index (χ4v) is 5.03. The number of rotatable bonds is 8. The van der Waals surface area contributed by atoms with Crippen molar-refractivity contribution in [2.45, 2.75) is 4.90 Å². The van der Waals surface area contributed by atoms with E-state index in [1.54, 1.807) is 36.4 Å². The van der Waals surface area contributed by atoms with Gasteiger partial charge in [-0.1, -0.05) is 24.3 Å². The van der Waals surface area contributed by atoms with Gasteiger partial charge in [0.15, 0.2) is 0 Å². The molecule has 1 N–H and O–H groups in total. The highest BCUT2D eigenvalue weighted by Gasteiger charge is 2.26. The molecule has 0 bridgehead atoms. The van der Waals surface area contributed by atoms with Crippen molar-refractivity contribution in [2.75, 3.05) is 30.2 Å². The van der Waals surface area contributed by atoms with Gasteiger partial charge >= 0.3 is 0 Å². The van der Waals surface area contributed by atoms with Crippen molar-refractivity contribution in [1.82, 2.24) is 4.31 Å². The lowest BCUT2D eigenvalue weighted by Gasteiger charge is -2.21. The average molecular weight is 453 g/mol. The second-order valence-electron chi connectivity index (χ2n) is 6.23. The number of halogens is 2. The number of benzene rings is 2. The van der Waals surface area contributed by atoms with E-state index in [-0.39, 0.29) is 29.7 Å². The fraction of sp³-hybridized carbons (Fsp3) is 0.200. The second-order valence-corrected chi connectivity index (χ2v) is 8.92. The Labute approximate surface area is 179 Å². The minimum absolute atomic E-state index is 0.113. The van der Waals surface area contributed by atoms with Gasteiger partial charge in [0.25, 0.3) is 0 Å². The number of Topliss-reactive ketones (excluding diaryl/α,β-unsaturated/α-hetero) is 1. The number of hydrogen-bond acceptors (Lipinski definition) is 5. The highest BCUT2D eigenvalue weighted by Crippen LogP contribution is 2.27. The highest BCUT2D eigenvalue weighted by atomic mass is 35.5. The van der Waals surface area contributed by atoms with Crippen LogP contribution in [0.1, 0.15) is 15.9 Å². The van der Waals surface area contributed by atoms with Crippen LogP contribution in [0.5, 0.6) is 0 Å². The van der Waals surface area contributed by atoms with Gasteiger partial charge < -0.3 is 5.32 Å². The Balaban J connectivity index is 1.85. The summed E-state index contributed by atoms with van der Waals surface area (Å²) in [7, 11) is -3.72. The Kier molecular flexibility index (Phi) is 6.74. The molecule has 0 saturated carbocycles. The van der Waals surface area contributed by atoms with E-state index in [9.17, 15) is 18.0 Å². The Morgan fingerprint density at radius 2 is 1.45 bits per heavy atom. The standard InChI is InChI=1S/C20H18Cl2N2O4S/c21-9-11-24(12-10-22)29(27,28)15-7-5-14(6-8-15)23-18-13-19(25)20(26)17-4-2-1-3-16(17)18/h1-8,13,23H,9-12H2. The summed E-state index contributed by atoms with van der Waals surface area (Å²) in [6.45, 7) is 0.326. The van der Waals surface area contributed by atoms with Crippen LogP contribution in [0, 0.1) is 0 Å². The number of nitrogens with zero attached hydrogens (tertiary/aromatic N) is 1. The number of hydrogen-bond donors (Lipinski definition) is 1. The van der Waals surface area contributed by atoms with Crippen LogP contribution in [-0.2, 0) is 14.8 Å². The van der Waals surface area contributed by atoms with Gasteiger partial charge in [0.05, 0.1) is 10.6 Å². The van der Waals surface area contributed by atoms with Crippen LogP contribution >= 0.6 is 23.2 Å². The van der Waals surface area contributed by atoms with Crippen molar-refractivity contribution >= 4 is 56.2 Å². The maximum atomic E-state index is 12.8. The zero-order chi connectivity index (χ0) is 21.0. The monoisotopic (exact) mass is 452 g/mol. The SMILES string of the molecule is O=C1C=C(Nc2ccc(S(=O)(=O)N(CCCl)CCCl)cc2)c2ccccc2C1=O. The molecule has 0 aliphatic heterocycles. The molecule has 152 valence electrons. The number of ketones is 2. The Morgan fingerprint density at radius 3 is 2.03 bits per heavy atom. The van der Waals surface area contributed by atoms with Crippen LogP contribution in [0.4, 0.5) is 5.69 Å². The molecule has 2 aromatic carbocycles. The first-order valence-electron chi connectivity index (χ1n) is 8.77. The van der Waals surface area contributed by atoms with E-state index < -0.39 is 21.6 Å². The lowest BCUT2D eigenvalue weighted by atomic mass is 9.93. The number of carbonyl (C=O) groups excluding carboxylic acids is 2. The van der Waals surface area contributed by atoms with Crippen molar-refractivity contribution in [2.24, 2.45) is 0 Å². The third-order valence-electron chi connectivity index (χ3n) is 4.40. The maximum Gasteiger partial charge on any atom is 0.243 e. The number of fused-ring (bicyclic) bond motifs is 1. The van der Waals surface area contributed by atoms with Gasteiger partial charge in [0, 0.05) is 47.7 Å². The van der Waals surface area contributed by atoms with Gasteiger partial charge in [-0.25, -0.2) is 8.42 Å². The van der Waals surface area contributed by atoms with E-state index in [0.717, 1.165) is 0 Å². The summed E-state index contributed by atoms with van der Waals surface area (Å²) < 4.78 is 26.7. The molecule has 0 spiro atoms. The van der Waals surface area contributed by atoms with Gasteiger partial charge in [0.2, 0.25) is 21.6 Å². The minimum atomic E-state index is -3.72. The molecule has 0 saturated heterocycles. The zero-order valence-corrected chi connectivity index (χ0v) is 17.6. The number of nitrogens with one attached hydrogen (secondary N) is 1. The molecular formula is C20H18Cl2N2O4S. The third kappa shape index (κ3) is 4.53. The zero-order valence-electron chi connectivity index (χ0n) is 15.3. The molecule has 0 heterocycles. The van der Waals surface area contributed by atoms with Crippen LogP contribution in [-0.4, -0.2) is 49.1 Å². The summed E-state index contributed by atoms with van der Waals surface area (Å²) >= 11 is 11.4. The summed E-state index contributed by atoms with van der Waals surface area (Å²) in [5, 5.41) is 3.08. The topological polar surface area (TPSA) is 83.6 Å². The smallest absolute Gasteiger partial charge is 0.243 e. The predicted molar refractivity (Wildman–Crippen MR) is 114 cm³/mol. The molecule has 3 rings (SSSR count). The number of carbonyl (C=O) groups is 2. The van der Waals surface area contributed by atoms with E-state index in [1.165, 1.54) is 22.5 Å². The van der Waals surface area contributed by atoms with Gasteiger partial charge in [-0.05, 0) is 24.3 Å². The second kappa shape index (κ2) is 9.09. The summed E-state index contributed by atoms with van der Waals surface area (Å²) in [6.07, 6.45) is 1.25. The van der Waals surface area contributed by atoms with Crippen LogP contribution < -0.4 is 5.32 Å². The predicted octanol–water partition coefficient (Wildman–Crippen LogP) is 3.37. The Morgan fingerprint density at radius 1 is 0.862 bits per heavy atom. The average Bonchev–Trinajstić information content (AvgIpc) is 2.72. The molecule has 1 aliphatic carbocycles. The van der Waals surface area contributed by atoms with Gasteiger partial charge in [0.1, 0.15) is 0 Å². The molecule has 2 aromatic rings. The molecule has 0 radical (unpaired) electrons. The van der Waals surface area contributed by atoms with Gasteiger partial charge in [-0.2, -0.15) is 4.31 Å². The summed E-state index contributed by atoms with van der Waals surface area (Å²) in [6, 6.07) is 12.9. The normalized spacial score (nSPS) is 14.0. The first-order valence-corrected chi connectivity index (χ1v) is 11.3. The quantitative estimate of drug-likeness (QED) is 0.490. The van der Waals surface area contributed by atoms with E-state index in [1.807, 2.05) is 0 Å². The molecule has 9 heteroatoms. The lowest BCUT2D eigenvalue weighted by molar-refractivity contribution is -0.111. The molecule has 6 nitrogen and oxygen atoms in total. The first kappa shape index (κ1) is 21.5. The van der Waals surface area contributed by atoms with E-state index in [2.05, 4.69) is 5.32 Å². The molecule has 0 fully saturated rings. The van der Waals surface area contributed by atoms with Crippen molar-refractivity contribution in [1.29, 1.82) is 0 Å². The van der Waals surface area contributed by atoms with Crippen LogP contribution in [0.2, 0.25) is 0 Å². The molecule has 0 unspecified atom stereocenters. The van der Waals surface area contributed by atoms with Crippen LogP contribution in [0.25, 0.3) is 5.70 Å². The Hall–Kier alpha value is -2.19. The number of anilines is 1. The lowest BCUT2D eigenvalue weighted by Crippen LogP contribution is -2.34. The highest BCUT2D eigenvalue weighted by molar-refractivity contribution is 7.89. The number of sulfonamides is 1. The number of alkyl halides is 2. The number of allylic oxidation sites excluding steroid dienone is 1.